The third-order valence-electron chi connectivity index (χ3n) is 3.55. The summed E-state index contributed by atoms with van der Waals surface area (Å²) in [6.07, 6.45) is -4.93. The second-order valence-electron chi connectivity index (χ2n) is 5.22. The predicted molar refractivity (Wildman–Crippen MR) is 80.8 cm³/mol. The summed E-state index contributed by atoms with van der Waals surface area (Å²) < 4.78 is 67.2. The second-order valence-corrected chi connectivity index (χ2v) is 5.22. The molecular weight excluding hydrogens is 377 g/mol. The lowest BCUT2D eigenvalue weighted by Crippen LogP contribution is -2.25. The Labute approximate surface area is 146 Å². The maximum absolute atomic E-state index is 13.5. The minimum Gasteiger partial charge on any atom is -0.805 e. The molecule has 1 aromatic heterocycles. The van der Waals surface area contributed by atoms with Gasteiger partial charge in [0.15, 0.2) is 17.7 Å². The van der Waals surface area contributed by atoms with Gasteiger partial charge in [0.05, 0.1) is 10.5 Å². The standard InChI is InChI=1S/C16H6F5N3O3/c17-10-5-12-13(6-11(10)18)24(26)15(14(7-22)23(12)25)8-1-3-9(4-2-8)27-16(19,20)21/h1-6H. The minimum atomic E-state index is -4.93. The number of nitriles is 1. The van der Waals surface area contributed by atoms with Crippen LogP contribution in [0.4, 0.5) is 22.0 Å². The molecule has 0 saturated heterocycles. The van der Waals surface area contributed by atoms with Crippen LogP contribution in [0.1, 0.15) is 5.69 Å². The van der Waals surface area contributed by atoms with Gasteiger partial charge in [0.1, 0.15) is 17.0 Å². The number of nitrogens with zero attached hydrogens (tertiary/aromatic N) is 3. The van der Waals surface area contributed by atoms with Gasteiger partial charge in [-0.3, -0.25) is 0 Å². The molecule has 2 aromatic carbocycles. The molecule has 27 heavy (non-hydrogen) atoms. The Kier molecular flexibility index (Phi) is 4.19. The third kappa shape index (κ3) is 3.24. The number of hydrogen-bond acceptors (Lipinski definition) is 4. The van der Waals surface area contributed by atoms with Crippen molar-refractivity contribution in [3.8, 4) is 23.1 Å². The van der Waals surface area contributed by atoms with Crippen LogP contribution in [0.15, 0.2) is 36.4 Å². The van der Waals surface area contributed by atoms with Gasteiger partial charge in [-0.2, -0.15) is 5.26 Å². The summed E-state index contributed by atoms with van der Waals surface area (Å²) in [7, 11) is 0. The van der Waals surface area contributed by atoms with E-state index < -0.39 is 46.2 Å². The maximum Gasteiger partial charge on any atom is 0.573 e. The Balaban J connectivity index is 2.25. The molecule has 0 aliphatic heterocycles. The van der Waals surface area contributed by atoms with E-state index in [2.05, 4.69) is 4.74 Å². The Hall–Kier alpha value is -3.68. The van der Waals surface area contributed by atoms with Gasteiger partial charge in [-0.25, -0.2) is 8.78 Å². The number of benzene rings is 2. The number of rotatable bonds is 2. The normalized spacial score (nSPS) is 11.4. The fourth-order valence-corrected chi connectivity index (χ4v) is 2.45. The van der Waals surface area contributed by atoms with Crippen LogP contribution in [0, 0.1) is 33.1 Å². The van der Waals surface area contributed by atoms with Crippen molar-refractivity contribution >= 4 is 11.0 Å². The quantitative estimate of drug-likeness (QED) is 0.500. The maximum atomic E-state index is 13.5. The highest BCUT2D eigenvalue weighted by molar-refractivity contribution is 5.78. The van der Waals surface area contributed by atoms with E-state index in [1.165, 1.54) is 6.07 Å². The molecule has 1 heterocycles. The summed E-state index contributed by atoms with van der Waals surface area (Å²) in [4.78, 5) is 12.3. The zero-order valence-corrected chi connectivity index (χ0v) is 12.9. The molecule has 0 aliphatic rings. The first-order valence-electron chi connectivity index (χ1n) is 7.06. The van der Waals surface area contributed by atoms with E-state index >= 15 is 0 Å². The second kappa shape index (κ2) is 6.24. The molecule has 0 saturated carbocycles. The van der Waals surface area contributed by atoms with Crippen LogP contribution in [0.25, 0.3) is 22.3 Å². The Bertz CT molecular complexity index is 1150. The largest absolute Gasteiger partial charge is 0.805 e. The molecule has 0 N–H and O–H groups in total. The van der Waals surface area contributed by atoms with Gasteiger partial charge < -0.3 is 14.7 Å². The number of fused-ring (bicyclic) bond motifs is 1. The molecule has 138 valence electrons. The highest BCUT2D eigenvalue weighted by Crippen LogP contribution is 2.29. The minimum absolute atomic E-state index is 0.0322. The lowest BCUT2D eigenvalue weighted by atomic mass is 10.1. The van der Waals surface area contributed by atoms with Crippen LogP contribution in [0.2, 0.25) is 0 Å². The van der Waals surface area contributed by atoms with Crippen LogP contribution in [0.5, 0.6) is 5.75 Å². The molecule has 0 amide bonds. The molecule has 0 fully saturated rings. The predicted octanol–water partition coefficient (Wildman–Crippen LogP) is 3.62. The van der Waals surface area contributed by atoms with Crippen molar-refractivity contribution in [3.63, 3.8) is 0 Å². The number of aromatic nitrogens is 2. The average Bonchev–Trinajstić information content (AvgIpc) is 2.59. The van der Waals surface area contributed by atoms with Crippen LogP contribution in [-0.4, -0.2) is 11.1 Å². The first-order chi connectivity index (χ1) is 12.6. The van der Waals surface area contributed by atoms with Gasteiger partial charge in [-0.05, 0) is 24.3 Å². The average molecular weight is 383 g/mol. The Morgan fingerprint density at radius 2 is 1.70 bits per heavy atom. The fourth-order valence-electron chi connectivity index (χ4n) is 2.45. The van der Waals surface area contributed by atoms with E-state index in [0.717, 1.165) is 24.3 Å². The van der Waals surface area contributed by atoms with Gasteiger partial charge in [0.2, 0.25) is 0 Å². The van der Waals surface area contributed by atoms with Crippen LogP contribution in [0.3, 0.4) is 0 Å². The van der Waals surface area contributed by atoms with Crippen molar-refractivity contribution in [1.29, 1.82) is 5.26 Å². The molecule has 6 nitrogen and oxygen atoms in total. The van der Waals surface area contributed by atoms with Gasteiger partial charge in [-0.1, -0.05) is 0 Å². The molecule has 0 bridgehead atoms. The van der Waals surface area contributed by atoms with E-state index in [1.54, 1.807) is 0 Å². The van der Waals surface area contributed by atoms with E-state index in [9.17, 15) is 37.3 Å². The number of alkyl halides is 3. The van der Waals surface area contributed by atoms with Crippen molar-refractivity contribution in [1.82, 2.24) is 4.73 Å². The van der Waals surface area contributed by atoms with E-state index in [4.69, 9.17) is 0 Å². The van der Waals surface area contributed by atoms with E-state index in [0.29, 0.717) is 12.1 Å². The molecule has 11 heteroatoms. The highest BCUT2D eigenvalue weighted by Gasteiger charge is 2.31. The molecule has 0 aliphatic carbocycles. The zero-order chi connectivity index (χ0) is 19.9. The lowest BCUT2D eigenvalue weighted by Gasteiger charge is -2.18. The number of ether oxygens (including phenoxy) is 1. The topological polar surface area (TPSA) is 84.0 Å². The molecule has 0 radical (unpaired) electrons. The van der Waals surface area contributed by atoms with Crippen molar-refractivity contribution in [2.75, 3.05) is 0 Å². The van der Waals surface area contributed by atoms with Crippen LogP contribution < -0.4 is 9.16 Å². The number of hydrogen-bond donors (Lipinski definition) is 0. The monoisotopic (exact) mass is 383 g/mol. The third-order valence-corrected chi connectivity index (χ3v) is 3.55. The summed E-state index contributed by atoms with van der Waals surface area (Å²) in [6, 6.07) is 6.20. The van der Waals surface area contributed by atoms with Gasteiger partial charge in [0.25, 0.3) is 5.52 Å². The summed E-state index contributed by atoms with van der Waals surface area (Å²) in [5.41, 5.74) is -2.53. The highest BCUT2D eigenvalue weighted by atomic mass is 19.4. The summed E-state index contributed by atoms with van der Waals surface area (Å²) in [5, 5.41) is 21.8. The van der Waals surface area contributed by atoms with Crippen LogP contribution >= 0.6 is 0 Å². The Morgan fingerprint density at radius 1 is 1.11 bits per heavy atom. The summed E-state index contributed by atoms with van der Waals surface area (Å²) in [5.74, 6) is -3.37. The smallest absolute Gasteiger partial charge is 0.573 e. The first kappa shape index (κ1) is 18.1. The summed E-state index contributed by atoms with van der Waals surface area (Å²) in [6.45, 7) is 0. The number of halogens is 5. The first-order valence-corrected chi connectivity index (χ1v) is 7.06. The van der Waals surface area contributed by atoms with E-state index in [1.807, 2.05) is 0 Å². The van der Waals surface area contributed by atoms with Crippen LogP contribution in [-0.2, 0) is 0 Å². The zero-order valence-electron chi connectivity index (χ0n) is 12.9. The molecular formula is C16H6F5N3O3. The lowest BCUT2D eigenvalue weighted by molar-refractivity contribution is -0.467. The SMILES string of the molecule is N#Cc1c(-c2ccc(OC(F)(F)F)cc2)n([O-])c2cc(F)c(F)cc2[n+]1=O. The molecule has 0 spiro atoms. The Morgan fingerprint density at radius 3 is 2.26 bits per heavy atom. The molecule has 0 unspecified atom stereocenters. The van der Waals surface area contributed by atoms with Gasteiger partial charge in [-0.15, -0.1) is 13.2 Å². The van der Waals surface area contributed by atoms with Crippen molar-refractivity contribution in [3.05, 3.63) is 63.8 Å². The van der Waals surface area contributed by atoms with Gasteiger partial charge >= 0.3 is 12.1 Å². The van der Waals surface area contributed by atoms with Crippen molar-refractivity contribution in [2.45, 2.75) is 6.36 Å². The van der Waals surface area contributed by atoms with Crippen molar-refractivity contribution in [2.24, 2.45) is 0 Å². The fraction of sp³-hybridized carbons (Fsp3) is 0.0625. The molecule has 3 rings (SSSR count). The summed E-state index contributed by atoms with van der Waals surface area (Å²) >= 11 is 0. The van der Waals surface area contributed by atoms with E-state index in [-0.39, 0.29) is 14.7 Å². The molecule has 0 atom stereocenters. The molecule has 3 aromatic rings. The van der Waals surface area contributed by atoms with Gasteiger partial charge in [0, 0.05) is 16.5 Å². The van der Waals surface area contributed by atoms with Crippen molar-refractivity contribution < 1.29 is 31.1 Å².